The van der Waals surface area contributed by atoms with Crippen LogP contribution in [0.5, 0.6) is 0 Å². The Balaban J connectivity index is 2.54. The van der Waals surface area contributed by atoms with Gasteiger partial charge >= 0.3 is 0 Å². The number of hydrogen-bond acceptors (Lipinski definition) is 4. The number of unbranched alkanes of at least 4 members (excludes halogenated alkanes) is 1. The molecule has 146 valence electrons. The van der Waals surface area contributed by atoms with Crippen molar-refractivity contribution in [3.8, 4) is 0 Å². The first-order valence-electron chi connectivity index (χ1n) is 9.89. The monoisotopic (exact) mass is 354 g/mol. The molecule has 1 heterocycles. The zero-order valence-electron chi connectivity index (χ0n) is 16.5. The second kappa shape index (κ2) is 11.5. The van der Waals surface area contributed by atoms with E-state index in [9.17, 15) is 9.59 Å². The number of likely N-dealkylation sites (tertiary alicyclic amines) is 1. The van der Waals surface area contributed by atoms with Crippen molar-refractivity contribution in [3.63, 3.8) is 0 Å². The Bertz CT molecular complexity index is 406. The van der Waals surface area contributed by atoms with Crippen LogP contribution >= 0.6 is 0 Å². The molecule has 0 bridgehead atoms. The summed E-state index contributed by atoms with van der Waals surface area (Å²) in [6.07, 6.45) is 5.32. The zero-order valence-corrected chi connectivity index (χ0v) is 16.5. The highest BCUT2D eigenvalue weighted by Crippen LogP contribution is 2.13. The number of amides is 2. The van der Waals surface area contributed by atoms with Crippen LogP contribution in [0.4, 0.5) is 0 Å². The van der Waals surface area contributed by atoms with E-state index in [1.807, 2.05) is 18.7 Å². The van der Waals surface area contributed by atoms with E-state index in [0.29, 0.717) is 24.8 Å². The minimum atomic E-state index is -0.545. The van der Waals surface area contributed by atoms with Crippen LogP contribution in [-0.4, -0.2) is 54.5 Å². The molecular weight excluding hydrogens is 316 g/mol. The van der Waals surface area contributed by atoms with Crippen molar-refractivity contribution in [2.75, 3.05) is 19.6 Å². The Kier molecular flexibility index (Phi) is 10.0. The summed E-state index contributed by atoms with van der Waals surface area (Å²) in [6, 6.07) is -0.518. The maximum atomic E-state index is 12.8. The van der Waals surface area contributed by atoms with Gasteiger partial charge in [0.05, 0.1) is 6.04 Å². The maximum Gasteiger partial charge on any atom is 0.245 e. The normalized spacial score (nSPS) is 17.2. The number of nitrogens with two attached hydrogens (primary N) is 1. The molecule has 0 aliphatic carbocycles. The molecule has 0 aromatic carbocycles. The predicted molar refractivity (Wildman–Crippen MR) is 102 cm³/mol. The lowest BCUT2D eigenvalue weighted by Crippen LogP contribution is -2.52. The Morgan fingerprint density at radius 1 is 1.08 bits per heavy atom. The van der Waals surface area contributed by atoms with Crippen molar-refractivity contribution < 1.29 is 9.59 Å². The molecule has 4 N–H and O–H groups in total. The number of rotatable bonds is 11. The quantitative estimate of drug-likeness (QED) is 0.492. The molecule has 1 fully saturated rings. The Morgan fingerprint density at radius 2 is 1.72 bits per heavy atom. The van der Waals surface area contributed by atoms with Gasteiger partial charge in [-0.25, -0.2) is 0 Å². The second-order valence-electron chi connectivity index (χ2n) is 7.93. The van der Waals surface area contributed by atoms with E-state index in [4.69, 9.17) is 5.73 Å². The summed E-state index contributed by atoms with van der Waals surface area (Å²) >= 11 is 0. The number of hydrogen-bond donors (Lipinski definition) is 3. The molecule has 6 heteroatoms. The third-order valence-electron chi connectivity index (χ3n) is 4.57. The van der Waals surface area contributed by atoms with Gasteiger partial charge in [0.1, 0.15) is 6.04 Å². The van der Waals surface area contributed by atoms with Gasteiger partial charge in [-0.3, -0.25) is 9.59 Å². The lowest BCUT2D eigenvalue weighted by Gasteiger charge is -2.25. The molecule has 1 saturated heterocycles. The number of carbonyl (C=O) groups is 2. The second-order valence-corrected chi connectivity index (χ2v) is 7.93. The Hall–Kier alpha value is -1.14. The van der Waals surface area contributed by atoms with E-state index in [0.717, 1.165) is 45.3 Å². The number of nitrogens with zero attached hydrogens (tertiary/aromatic N) is 1. The van der Waals surface area contributed by atoms with Gasteiger partial charge in [0.25, 0.3) is 0 Å². The first kappa shape index (κ1) is 21.9. The average molecular weight is 355 g/mol. The number of nitrogens with one attached hydrogen (secondary N) is 2. The molecular formula is C19H38N4O2. The zero-order chi connectivity index (χ0) is 18.8. The maximum absolute atomic E-state index is 12.8. The lowest BCUT2D eigenvalue weighted by atomic mass is 10.0. The van der Waals surface area contributed by atoms with Crippen LogP contribution in [0, 0.1) is 5.92 Å². The molecule has 2 unspecified atom stereocenters. The number of carbonyl (C=O) groups excluding carboxylic acids is 2. The van der Waals surface area contributed by atoms with Crippen LogP contribution in [-0.2, 0) is 9.59 Å². The molecule has 1 rings (SSSR count). The largest absolute Gasteiger partial charge is 0.343 e. The molecule has 25 heavy (non-hydrogen) atoms. The summed E-state index contributed by atoms with van der Waals surface area (Å²) in [5, 5.41) is 6.30. The summed E-state index contributed by atoms with van der Waals surface area (Å²) in [7, 11) is 0. The molecule has 0 aromatic rings. The van der Waals surface area contributed by atoms with E-state index >= 15 is 0 Å². The SMILES string of the molecule is CC(C)CC(N)C(=O)NC(CCCCNC(C)C)C(=O)N1CCCC1. The van der Waals surface area contributed by atoms with E-state index in [1.165, 1.54) is 0 Å². The fourth-order valence-electron chi connectivity index (χ4n) is 3.17. The van der Waals surface area contributed by atoms with Gasteiger partial charge in [-0.1, -0.05) is 27.7 Å². The van der Waals surface area contributed by atoms with Gasteiger partial charge in [0, 0.05) is 19.1 Å². The first-order chi connectivity index (χ1) is 11.8. The molecule has 0 radical (unpaired) electrons. The summed E-state index contributed by atoms with van der Waals surface area (Å²) in [5.41, 5.74) is 5.98. The van der Waals surface area contributed by atoms with Crippen LogP contribution in [0.1, 0.15) is 66.2 Å². The van der Waals surface area contributed by atoms with Crippen molar-refractivity contribution in [1.29, 1.82) is 0 Å². The van der Waals surface area contributed by atoms with Crippen molar-refractivity contribution in [2.24, 2.45) is 11.7 Å². The topological polar surface area (TPSA) is 87.5 Å². The summed E-state index contributed by atoms with van der Waals surface area (Å²) < 4.78 is 0. The first-order valence-corrected chi connectivity index (χ1v) is 9.89. The highest BCUT2D eigenvalue weighted by atomic mass is 16.2. The van der Waals surface area contributed by atoms with Gasteiger partial charge < -0.3 is 21.3 Å². The molecule has 2 atom stereocenters. The summed E-state index contributed by atoms with van der Waals surface area (Å²) in [5.74, 6) is 0.210. The van der Waals surface area contributed by atoms with Crippen molar-refractivity contribution >= 4 is 11.8 Å². The van der Waals surface area contributed by atoms with Crippen LogP contribution in [0.2, 0.25) is 0 Å². The molecule has 0 aromatic heterocycles. The fourth-order valence-corrected chi connectivity index (χ4v) is 3.17. The standard InChI is InChI=1S/C19H38N4O2/c1-14(2)13-16(20)18(24)22-17(9-5-6-10-21-15(3)4)19(25)23-11-7-8-12-23/h14-17,21H,5-13,20H2,1-4H3,(H,22,24). The van der Waals surface area contributed by atoms with E-state index in [-0.39, 0.29) is 11.8 Å². The highest BCUT2D eigenvalue weighted by Gasteiger charge is 2.28. The van der Waals surface area contributed by atoms with Gasteiger partial charge in [0.15, 0.2) is 0 Å². The van der Waals surface area contributed by atoms with Crippen molar-refractivity contribution in [1.82, 2.24) is 15.5 Å². The van der Waals surface area contributed by atoms with Crippen LogP contribution in [0.3, 0.4) is 0 Å². The van der Waals surface area contributed by atoms with Crippen LogP contribution in [0.25, 0.3) is 0 Å². The molecule has 2 amide bonds. The van der Waals surface area contributed by atoms with Gasteiger partial charge in [-0.05, 0) is 51.0 Å². The van der Waals surface area contributed by atoms with Crippen LogP contribution in [0.15, 0.2) is 0 Å². The van der Waals surface area contributed by atoms with Crippen molar-refractivity contribution in [2.45, 2.75) is 84.3 Å². The van der Waals surface area contributed by atoms with Gasteiger partial charge in [-0.15, -0.1) is 0 Å². The molecule has 1 aliphatic heterocycles. The molecule has 0 spiro atoms. The summed E-state index contributed by atoms with van der Waals surface area (Å²) in [6.45, 7) is 10.9. The van der Waals surface area contributed by atoms with Crippen LogP contribution < -0.4 is 16.4 Å². The average Bonchev–Trinajstić information content (AvgIpc) is 3.06. The van der Waals surface area contributed by atoms with E-state index in [1.54, 1.807) is 0 Å². The predicted octanol–water partition coefficient (Wildman–Crippen LogP) is 1.64. The minimum Gasteiger partial charge on any atom is -0.343 e. The lowest BCUT2D eigenvalue weighted by molar-refractivity contribution is -0.136. The Morgan fingerprint density at radius 3 is 2.28 bits per heavy atom. The Labute approximate surface area is 153 Å². The fraction of sp³-hybridized carbons (Fsp3) is 0.895. The molecule has 6 nitrogen and oxygen atoms in total. The molecule has 1 aliphatic rings. The summed E-state index contributed by atoms with van der Waals surface area (Å²) in [4.78, 5) is 27.0. The smallest absolute Gasteiger partial charge is 0.245 e. The third-order valence-corrected chi connectivity index (χ3v) is 4.57. The van der Waals surface area contributed by atoms with Crippen molar-refractivity contribution in [3.05, 3.63) is 0 Å². The van der Waals surface area contributed by atoms with Gasteiger partial charge in [0.2, 0.25) is 11.8 Å². The minimum absolute atomic E-state index is 0.0550. The third kappa shape index (κ3) is 8.68. The highest BCUT2D eigenvalue weighted by molar-refractivity contribution is 5.89. The van der Waals surface area contributed by atoms with E-state index in [2.05, 4.69) is 24.5 Å². The molecule has 0 saturated carbocycles. The van der Waals surface area contributed by atoms with Gasteiger partial charge in [-0.2, -0.15) is 0 Å². The van der Waals surface area contributed by atoms with E-state index < -0.39 is 12.1 Å².